The largest absolute Gasteiger partial charge is 0.494 e. The second-order valence-electron chi connectivity index (χ2n) is 8.30. The van der Waals surface area contributed by atoms with Crippen molar-refractivity contribution in [1.29, 1.82) is 0 Å². The van der Waals surface area contributed by atoms with Gasteiger partial charge < -0.3 is 9.47 Å². The second kappa shape index (κ2) is 12.0. The molecule has 36 heavy (non-hydrogen) atoms. The minimum absolute atomic E-state index is 0.141. The minimum atomic E-state index is -3.83. The zero-order chi connectivity index (χ0) is 25.4. The van der Waals surface area contributed by atoms with Crippen LogP contribution in [-0.2, 0) is 19.6 Å². The van der Waals surface area contributed by atoms with Gasteiger partial charge in [0.05, 0.1) is 24.7 Å². The molecule has 0 atom stereocenters. The summed E-state index contributed by atoms with van der Waals surface area (Å²) in [6.45, 7) is 5.13. The molecule has 4 rings (SSSR count). The predicted octanol–water partition coefficient (Wildman–Crippen LogP) is 3.01. The first-order valence-electron chi connectivity index (χ1n) is 11.6. The van der Waals surface area contributed by atoms with E-state index in [4.69, 9.17) is 14.7 Å². The van der Waals surface area contributed by atoms with E-state index in [2.05, 4.69) is 4.90 Å². The van der Waals surface area contributed by atoms with Crippen LogP contribution in [0.1, 0.15) is 12.0 Å². The molecule has 2 N–H and O–H groups in total. The third-order valence-electron chi connectivity index (χ3n) is 5.82. The number of ether oxygens (including phenoxy) is 2. The van der Waals surface area contributed by atoms with Crippen LogP contribution in [0.2, 0.25) is 0 Å². The molecule has 0 aliphatic carbocycles. The van der Waals surface area contributed by atoms with E-state index < -0.39 is 15.9 Å². The summed E-state index contributed by atoms with van der Waals surface area (Å²) in [6, 6.07) is 15.9. The van der Waals surface area contributed by atoms with Crippen molar-refractivity contribution in [2.45, 2.75) is 11.3 Å². The highest BCUT2D eigenvalue weighted by atomic mass is 32.2. The molecule has 2 heterocycles. The van der Waals surface area contributed by atoms with Crippen LogP contribution in [0.5, 0.6) is 5.75 Å². The third-order valence-corrected chi connectivity index (χ3v) is 7.45. The molecule has 1 aliphatic heterocycles. The fourth-order valence-corrected chi connectivity index (χ4v) is 5.11. The molecule has 0 unspecified atom stereocenters. The van der Waals surface area contributed by atoms with E-state index in [1.807, 2.05) is 30.3 Å². The Morgan fingerprint density at radius 1 is 1.08 bits per heavy atom. The van der Waals surface area contributed by atoms with Crippen molar-refractivity contribution in [1.82, 2.24) is 14.4 Å². The average Bonchev–Trinajstić information content (AvgIpc) is 3.41. The van der Waals surface area contributed by atoms with Gasteiger partial charge >= 0.3 is 0 Å². The lowest BCUT2D eigenvalue weighted by molar-refractivity contribution is -0.124. The van der Waals surface area contributed by atoms with E-state index in [1.54, 1.807) is 24.3 Å². The molecular weight excluding hydrogens is 482 g/mol. The molecule has 0 saturated carbocycles. The van der Waals surface area contributed by atoms with Crippen LogP contribution in [-0.4, -0.2) is 67.9 Å². The van der Waals surface area contributed by atoms with Crippen molar-refractivity contribution in [2.24, 2.45) is 0 Å². The molecule has 0 radical (unpaired) electrons. The number of benzene rings is 2. The Hall–Kier alpha value is -3.44. The van der Waals surface area contributed by atoms with Gasteiger partial charge in [-0.15, -0.1) is 0 Å². The van der Waals surface area contributed by atoms with Crippen molar-refractivity contribution < 1.29 is 27.9 Å². The normalized spacial score (nSPS) is 14.7. The van der Waals surface area contributed by atoms with Gasteiger partial charge in [0, 0.05) is 38.1 Å². The van der Waals surface area contributed by atoms with Gasteiger partial charge in [-0.05, 0) is 59.5 Å². The maximum Gasteiger partial charge on any atom is 0.267 e. The van der Waals surface area contributed by atoms with Gasteiger partial charge in [-0.2, -0.15) is 0 Å². The number of amides is 1. The summed E-state index contributed by atoms with van der Waals surface area (Å²) in [5.41, 5.74) is 3.62. The van der Waals surface area contributed by atoms with Crippen LogP contribution in [0.25, 0.3) is 17.2 Å². The summed E-state index contributed by atoms with van der Waals surface area (Å²) < 4.78 is 38.6. The number of aromatic nitrogens is 1. The van der Waals surface area contributed by atoms with Gasteiger partial charge in [-0.3, -0.25) is 14.9 Å². The first-order chi connectivity index (χ1) is 17.5. The zero-order valence-electron chi connectivity index (χ0n) is 19.7. The molecule has 0 bridgehead atoms. The molecule has 1 saturated heterocycles. The average molecular weight is 512 g/mol. The molecule has 1 aliphatic rings. The molecule has 0 spiro atoms. The Morgan fingerprint density at radius 2 is 1.86 bits per heavy atom. The van der Waals surface area contributed by atoms with Gasteiger partial charge in [0.1, 0.15) is 5.75 Å². The monoisotopic (exact) mass is 511 g/mol. The number of nitrogens with one attached hydrogen (secondary N) is 1. The van der Waals surface area contributed by atoms with E-state index in [9.17, 15) is 13.2 Å². The lowest BCUT2D eigenvalue weighted by atomic mass is 10.1. The lowest BCUT2D eigenvalue weighted by Gasteiger charge is -2.26. The van der Waals surface area contributed by atoms with E-state index >= 15 is 0 Å². The summed E-state index contributed by atoms with van der Waals surface area (Å²) in [5.74, 6) is 0.0648. The Bertz CT molecular complexity index is 1300. The highest BCUT2D eigenvalue weighted by Crippen LogP contribution is 2.26. The van der Waals surface area contributed by atoms with E-state index in [-0.39, 0.29) is 4.90 Å². The highest BCUT2D eigenvalue weighted by Gasteiger charge is 2.17. The summed E-state index contributed by atoms with van der Waals surface area (Å²) in [7, 11) is -3.83. The standard InChI is InChI=1S/C26H29N3O6S/c30-26(27-31)10-5-21-11-13-29(20-21)36(32,33)25-4-1-3-23(19-25)22-6-8-24(9-7-22)35-16-2-12-28-14-17-34-18-15-28/h1,3-11,13,19-20,31H,2,12,14-18H2,(H,27,30). The molecule has 1 fully saturated rings. The number of carbonyl (C=O) groups is 1. The number of carbonyl (C=O) groups excluding carboxylic acids is 1. The highest BCUT2D eigenvalue weighted by molar-refractivity contribution is 7.90. The summed E-state index contributed by atoms with van der Waals surface area (Å²) in [5, 5.41) is 8.56. The summed E-state index contributed by atoms with van der Waals surface area (Å²) >= 11 is 0. The molecule has 1 aromatic heterocycles. The molecule has 10 heteroatoms. The molecule has 2 aromatic carbocycles. The molecule has 3 aromatic rings. The lowest BCUT2D eigenvalue weighted by Crippen LogP contribution is -2.37. The van der Waals surface area contributed by atoms with Crippen molar-refractivity contribution in [2.75, 3.05) is 39.5 Å². The number of hydrogen-bond donors (Lipinski definition) is 2. The Balaban J connectivity index is 1.39. The van der Waals surface area contributed by atoms with Crippen LogP contribution in [0.3, 0.4) is 0 Å². The first-order valence-corrected chi connectivity index (χ1v) is 13.1. The molecular formula is C26H29N3O6S. The molecule has 190 valence electrons. The van der Waals surface area contributed by atoms with Crippen molar-refractivity contribution >= 4 is 22.0 Å². The fourth-order valence-electron chi connectivity index (χ4n) is 3.85. The Kier molecular flexibility index (Phi) is 8.55. The number of rotatable bonds is 10. The van der Waals surface area contributed by atoms with Gasteiger partial charge in [-0.1, -0.05) is 24.3 Å². The number of hydrogen-bond acceptors (Lipinski definition) is 7. The summed E-state index contributed by atoms with van der Waals surface area (Å²) in [6.07, 6.45) is 6.25. The van der Waals surface area contributed by atoms with Gasteiger partial charge in [0.15, 0.2) is 0 Å². The quantitative estimate of drug-likeness (QED) is 0.186. The van der Waals surface area contributed by atoms with Crippen molar-refractivity contribution in [3.63, 3.8) is 0 Å². The van der Waals surface area contributed by atoms with Crippen molar-refractivity contribution in [3.05, 3.63) is 78.6 Å². The Morgan fingerprint density at radius 3 is 2.61 bits per heavy atom. The zero-order valence-corrected chi connectivity index (χ0v) is 20.6. The molecule has 1 amide bonds. The topological polar surface area (TPSA) is 110 Å². The number of morpholine rings is 1. The van der Waals surface area contributed by atoms with Crippen LogP contribution < -0.4 is 10.2 Å². The fraction of sp³-hybridized carbons (Fsp3) is 0.269. The van der Waals surface area contributed by atoms with Crippen LogP contribution >= 0.6 is 0 Å². The van der Waals surface area contributed by atoms with Gasteiger partial charge in [0.25, 0.3) is 15.9 Å². The van der Waals surface area contributed by atoms with Crippen molar-refractivity contribution in [3.8, 4) is 16.9 Å². The third kappa shape index (κ3) is 6.61. The molecule has 9 nitrogen and oxygen atoms in total. The number of nitrogens with zero attached hydrogens (tertiary/aromatic N) is 2. The SMILES string of the molecule is O=C(C=Cc1ccn(S(=O)(=O)c2cccc(-c3ccc(OCCCN4CCOCC4)cc3)c2)c1)NO. The van der Waals surface area contributed by atoms with Gasteiger partial charge in [-0.25, -0.2) is 17.9 Å². The predicted molar refractivity (Wildman–Crippen MR) is 135 cm³/mol. The van der Waals surface area contributed by atoms with Gasteiger partial charge in [0.2, 0.25) is 0 Å². The number of hydroxylamine groups is 1. The van der Waals surface area contributed by atoms with E-state index in [1.165, 1.54) is 23.9 Å². The maximum atomic E-state index is 13.1. The minimum Gasteiger partial charge on any atom is -0.494 e. The second-order valence-corrected chi connectivity index (χ2v) is 10.1. The van der Waals surface area contributed by atoms with Crippen LogP contribution in [0, 0.1) is 0 Å². The van der Waals surface area contributed by atoms with E-state index in [0.717, 1.165) is 66.2 Å². The summed E-state index contributed by atoms with van der Waals surface area (Å²) in [4.78, 5) is 13.7. The first kappa shape index (κ1) is 25.6. The Labute approximate surface area is 210 Å². The van der Waals surface area contributed by atoms with Crippen LogP contribution in [0.4, 0.5) is 0 Å². The smallest absolute Gasteiger partial charge is 0.267 e. The van der Waals surface area contributed by atoms with E-state index in [0.29, 0.717) is 12.2 Å². The maximum absolute atomic E-state index is 13.1. The van der Waals surface area contributed by atoms with Crippen LogP contribution in [0.15, 0.2) is 78.0 Å².